The van der Waals surface area contributed by atoms with E-state index in [9.17, 15) is 13.5 Å². The SMILES string of the molecule is CCCCNc1nn(C2CCCC2O)c(N)c1S(C)(=O)=O. The predicted molar refractivity (Wildman–Crippen MR) is 82.0 cm³/mol. The highest BCUT2D eigenvalue weighted by Crippen LogP contribution is 2.36. The Hall–Kier alpha value is -1.28. The van der Waals surface area contributed by atoms with Crippen LogP contribution in [0.1, 0.15) is 45.1 Å². The molecule has 1 aliphatic carbocycles. The first-order valence-corrected chi connectivity index (χ1v) is 9.25. The number of anilines is 2. The maximum absolute atomic E-state index is 12.0. The Balaban J connectivity index is 2.39. The van der Waals surface area contributed by atoms with Gasteiger partial charge in [-0.05, 0) is 25.7 Å². The van der Waals surface area contributed by atoms with Crippen LogP contribution in [-0.2, 0) is 9.84 Å². The average Bonchev–Trinajstić information content (AvgIpc) is 2.92. The zero-order valence-electron chi connectivity index (χ0n) is 12.5. The number of unbranched alkanes of at least 4 members (excludes halogenated alkanes) is 1. The molecule has 0 aromatic carbocycles. The molecule has 1 aliphatic rings. The first-order chi connectivity index (χ1) is 9.86. The van der Waals surface area contributed by atoms with Crippen LogP contribution in [0.4, 0.5) is 11.6 Å². The molecule has 2 atom stereocenters. The number of nitrogens with zero attached hydrogens (tertiary/aromatic N) is 2. The monoisotopic (exact) mass is 316 g/mol. The van der Waals surface area contributed by atoms with E-state index in [1.165, 1.54) is 4.68 Å². The second-order valence-corrected chi connectivity index (χ2v) is 7.58. The van der Waals surface area contributed by atoms with Gasteiger partial charge in [-0.2, -0.15) is 5.10 Å². The van der Waals surface area contributed by atoms with E-state index >= 15 is 0 Å². The van der Waals surface area contributed by atoms with Gasteiger partial charge in [0, 0.05) is 12.8 Å². The van der Waals surface area contributed by atoms with Gasteiger partial charge in [-0.15, -0.1) is 0 Å². The summed E-state index contributed by atoms with van der Waals surface area (Å²) >= 11 is 0. The molecule has 4 N–H and O–H groups in total. The lowest BCUT2D eigenvalue weighted by Crippen LogP contribution is -2.21. The topological polar surface area (TPSA) is 110 Å². The van der Waals surface area contributed by atoms with Gasteiger partial charge in [0.25, 0.3) is 0 Å². The third-order valence-electron chi connectivity index (χ3n) is 3.85. The van der Waals surface area contributed by atoms with E-state index in [-0.39, 0.29) is 16.8 Å². The fraction of sp³-hybridized carbons (Fsp3) is 0.769. The molecule has 1 saturated carbocycles. The lowest BCUT2D eigenvalue weighted by Gasteiger charge is -2.16. The van der Waals surface area contributed by atoms with Gasteiger partial charge in [0.15, 0.2) is 20.6 Å². The fourth-order valence-corrected chi connectivity index (χ4v) is 3.69. The maximum Gasteiger partial charge on any atom is 0.182 e. The summed E-state index contributed by atoms with van der Waals surface area (Å²) in [6.45, 7) is 2.70. The van der Waals surface area contributed by atoms with Gasteiger partial charge >= 0.3 is 0 Å². The van der Waals surface area contributed by atoms with E-state index in [1.807, 2.05) is 0 Å². The van der Waals surface area contributed by atoms with Gasteiger partial charge in [0.05, 0.1) is 12.1 Å². The molecule has 1 aromatic rings. The smallest absolute Gasteiger partial charge is 0.182 e. The van der Waals surface area contributed by atoms with E-state index in [0.29, 0.717) is 18.8 Å². The maximum atomic E-state index is 12.0. The van der Waals surface area contributed by atoms with Crippen LogP contribution in [0.15, 0.2) is 4.90 Å². The van der Waals surface area contributed by atoms with E-state index in [1.54, 1.807) is 0 Å². The first kappa shape index (κ1) is 16.1. The number of nitrogens with one attached hydrogen (secondary N) is 1. The zero-order chi connectivity index (χ0) is 15.6. The molecule has 8 heteroatoms. The van der Waals surface area contributed by atoms with Crippen molar-refractivity contribution in [2.24, 2.45) is 0 Å². The Labute approximate surface area is 125 Å². The quantitative estimate of drug-likeness (QED) is 0.679. The molecule has 0 spiro atoms. The number of aromatic nitrogens is 2. The molecule has 2 rings (SSSR count). The minimum Gasteiger partial charge on any atom is -0.391 e. The molecule has 120 valence electrons. The molecule has 7 nitrogen and oxygen atoms in total. The van der Waals surface area contributed by atoms with Crippen LogP contribution in [-0.4, -0.2) is 42.2 Å². The number of aliphatic hydroxyl groups is 1. The molecule has 0 bridgehead atoms. The number of nitrogen functional groups attached to an aromatic ring is 1. The second kappa shape index (κ2) is 6.23. The molecule has 2 unspecified atom stereocenters. The molecular weight excluding hydrogens is 292 g/mol. The number of rotatable bonds is 6. The Morgan fingerprint density at radius 3 is 2.71 bits per heavy atom. The Morgan fingerprint density at radius 2 is 2.19 bits per heavy atom. The molecule has 0 aliphatic heterocycles. The highest BCUT2D eigenvalue weighted by atomic mass is 32.2. The third kappa shape index (κ3) is 3.32. The summed E-state index contributed by atoms with van der Waals surface area (Å²) in [5.41, 5.74) is 6.01. The van der Waals surface area contributed by atoms with Crippen LogP contribution in [0.5, 0.6) is 0 Å². The van der Waals surface area contributed by atoms with Crippen molar-refractivity contribution in [2.75, 3.05) is 23.9 Å². The Kier molecular flexibility index (Phi) is 4.77. The fourth-order valence-electron chi connectivity index (χ4n) is 2.76. The lowest BCUT2D eigenvalue weighted by atomic mass is 10.2. The van der Waals surface area contributed by atoms with Crippen LogP contribution in [0, 0.1) is 0 Å². The summed E-state index contributed by atoms with van der Waals surface area (Å²) in [6, 6.07) is -0.243. The standard InChI is InChI=1S/C13H24N4O3S/c1-3-4-8-15-13-11(21(2,19)20)12(14)17(16-13)9-6-5-7-10(9)18/h9-10,18H,3-8,14H2,1-2H3,(H,15,16). The van der Waals surface area contributed by atoms with Crippen LogP contribution >= 0.6 is 0 Å². The minimum atomic E-state index is -3.48. The highest BCUT2D eigenvalue weighted by molar-refractivity contribution is 7.91. The van der Waals surface area contributed by atoms with Gasteiger partial charge in [0.2, 0.25) is 0 Å². The van der Waals surface area contributed by atoms with Gasteiger partial charge in [0.1, 0.15) is 5.82 Å². The van der Waals surface area contributed by atoms with Crippen LogP contribution in [0.3, 0.4) is 0 Å². The predicted octanol–water partition coefficient (Wildman–Crippen LogP) is 1.17. The highest BCUT2D eigenvalue weighted by Gasteiger charge is 2.33. The number of sulfone groups is 1. The molecule has 21 heavy (non-hydrogen) atoms. The zero-order valence-corrected chi connectivity index (χ0v) is 13.4. The summed E-state index contributed by atoms with van der Waals surface area (Å²) < 4.78 is 25.4. The van der Waals surface area contributed by atoms with Gasteiger partial charge in [-0.25, -0.2) is 13.1 Å². The molecule has 0 radical (unpaired) electrons. The number of hydrogen-bond acceptors (Lipinski definition) is 6. The molecule has 1 heterocycles. The summed E-state index contributed by atoms with van der Waals surface area (Å²) in [6.07, 6.45) is 4.85. The first-order valence-electron chi connectivity index (χ1n) is 7.36. The van der Waals surface area contributed by atoms with Crippen molar-refractivity contribution in [2.45, 2.75) is 56.1 Å². The Morgan fingerprint density at radius 1 is 1.48 bits per heavy atom. The van der Waals surface area contributed by atoms with Crippen molar-refractivity contribution in [1.82, 2.24) is 9.78 Å². The van der Waals surface area contributed by atoms with Crippen molar-refractivity contribution in [3.63, 3.8) is 0 Å². The molecule has 0 amide bonds. The second-order valence-electron chi connectivity index (χ2n) is 5.63. The van der Waals surface area contributed by atoms with E-state index in [2.05, 4.69) is 17.3 Å². The molecular formula is C13H24N4O3S. The van der Waals surface area contributed by atoms with Crippen molar-refractivity contribution in [3.8, 4) is 0 Å². The van der Waals surface area contributed by atoms with E-state index in [0.717, 1.165) is 31.9 Å². The summed E-state index contributed by atoms with van der Waals surface area (Å²) in [5.74, 6) is 0.407. The van der Waals surface area contributed by atoms with E-state index < -0.39 is 15.9 Å². The van der Waals surface area contributed by atoms with Crippen LogP contribution < -0.4 is 11.1 Å². The Bertz CT molecular complexity index is 597. The molecule has 0 saturated heterocycles. The number of nitrogens with two attached hydrogens (primary N) is 1. The number of aliphatic hydroxyl groups excluding tert-OH is 1. The summed E-state index contributed by atoms with van der Waals surface area (Å²) in [7, 11) is -3.48. The molecule has 1 fully saturated rings. The van der Waals surface area contributed by atoms with Crippen LogP contribution in [0.25, 0.3) is 0 Å². The van der Waals surface area contributed by atoms with Crippen LogP contribution in [0.2, 0.25) is 0 Å². The lowest BCUT2D eigenvalue weighted by molar-refractivity contribution is 0.131. The van der Waals surface area contributed by atoms with Crippen molar-refractivity contribution in [1.29, 1.82) is 0 Å². The van der Waals surface area contributed by atoms with Crippen molar-refractivity contribution >= 4 is 21.5 Å². The van der Waals surface area contributed by atoms with E-state index in [4.69, 9.17) is 5.73 Å². The third-order valence-corrected chi connectivity index (χ3v) is 5.00. The summed E-state index contributed by atoms with van der Waals surface area (Å²) in [5, 5.41) is 17.4. The van der Waals surface area contributed by atoms with Crippen molar-refractivity contribution in [3.05, 3.63) is 0 Å². The van der Waals surface area contributed by atoms with Gasteiger partial charge < -0.3 is 16.2 Å². The average molecular weight is 316 g/mol. The van der Waals surface area contributed by atoms with Gasteiger partial charge in [-0.1, -0.05) is 13.3 Å². The molecule has 1 aromatic heterocycles. The number of hydrogen-bond donors (Lipinski definition) is 3. The minimum absolute atomic E-state index is 0.0395. The normalized spacial score (nSPS) is 22.6. The van der Waals surface area contributed by atoms with Gasteiger partial charge in [-0.3, -0.25) is 0 Å². The summed E-state index contributed by atoms with van der Waals surface area (Å²) in [4.78, 5) is 0.0395. The van der Waals surface area contributed by atoms with Crippen molar-refractivity contribution < 1.29 is 13.5 Å². The largest absolute Gasteiger partial charge is 0.391 e.